The van der Waals surface area contributed by atoms with Gasteiger partial charge in [0.25, 0.3) is 0 Å². The van der Waals surface area contributed by atoms with E-state index in [1.54, 1.807) is 18.2 Å². The van der Waals surface area contributed by atoms with Crippen LogP contribution in [0.15, 0.2) is 42.5 Å². The van der Waals surface area contributed by atoms with Gasteiger partial charge in [0.1, 0.15) is 5.75 Å². The summed E-state index contributed by atoms with van der Waals surface area (Å²) >= 11 is 0. The van der Waals surface area contributed by atoms with Gasteiger partial charge in [0, 0.05) is 5.92 Å². The van der Waals surface area contributed by atoms with Crippen LogP contribution in [-0.4, -0.2) is 22.0 Å². The number of hydrogen-bond acceptors (Lipinski definition) is 3. The first-order valence-corrected chi connectivity index (χ1v) is 17.0. The third-order valence-electron chi connectivity index (χ3n) is 15.2. The predicted octanol–water partition coefficient (Wildman–Crippen LogP) is 9.33. The first kappa shape index (κ1) is 30.7. The smallest absolute Gasteiger partial charge is 0.309 e. The summed E-state index contributed by atoms with van der Waals surface area (Å²) < 4.78 is 0. The molecular formula is C39H54O4. The Morgan fingerprint density at radius 3 is 2.19 bits per heavy atom. The van der Waals surface area contributed by atoms with Crippen molar-refractivity contribution < 1.29 is 19.8 Å². The molecule has 0 bridgehead atoms. The lowest BCUT2D eigenvalue weighted by atomic mass is 9.32. The molecule has 0 spiro atoms. The fraction of sp³-hybridized carbons (Fsp3) is 0.692. The van der Waals surface area contributed by atoms with E-state index in [1.165, 1.54) is 18.4 Å². The molecule has 0 aliphatic heterocycles. The molecule has 6 rings (SSSR count). The summed E-state index contributed by atoms with van der Waals surface area (Å²) in [7, 11) is 0. The van der Waals surface area contributed by atoms with E-state index in [1.807, 2.05) is 18.2 Å². The fourth-order valence-corrected chi connectivity index (χ4v) is 12.9. The van der Waals surface area contributed by atoms with Gasteiger partial charge in [-0.2, -0.15) is 0 Å². The number of phenols is 1. The number of carboxylic acid groups (broad SMARTS) is 1. The summed E-state index contributed by atoms with van der Waals surface area (Å²) in [5.41, 5.74) is 1.90. The van der Waals surface area contributed by atoms with E-state index in [4.69, 9.17) is 0 Å². The molecule has 10 atom stereocenters. The van der Waals surface area contributed by atoms with Crippen molar-refractivity contribution in [1.82, 2.24) is 0 Å². The van der Waals surface area contributed by atoms with Gasteiger partial charge in [0.2, 0.25) is 0 Å². The molecule has 0 radical (unpaired) electrons. The van der Waals surface area contributed by atoms with Gasteiger partial charge in [-0.05, 0) is 146 Å². The van der Waals surface area contributed by atoms with Gasteiger partial charge in [-0.15, -0.1) is 0 Å². The highest BCUT2D eigenvalue weighted by Crippen LogP contribution is 2.77. The molecule has 0 heterocycles. The van der Waals surface area contributed by atoms with Crippen molar-refractivity contribution in [1.29, 1.82) is 0 Å². The second-order valence-corrected chi connectivity index (χ2v) is 16.9. The number of allylic oxidation sites excluding steroid dienone is 2. The van der Waals surface area contributed by atoms with Gasteiger partial charge < -0.3 is 10.2 Å². The van der Waals surface area contributed by atoms with Crippen LogP contribution in [0.1, 0.15) is 111 Å². The molecule has 1 aromatic carbocycles. The number of rotatable bonds is 5. The molecule has 43 heavy (non-hydrogen) atoms. The van der Waals surface area contributed by atoms with Crippen molar-refractivity contribution in [2.45, 2.75) is 106 Å². The lowest BCUT2D eigenvalue weighted by Gasteiger charge is -2.72. The molecule has 1 aromatic rings. The number of aromatic hydroxyl groups is 1. The van der Waals surface area contributed by atoms with E-state index in [0.29, 0.717) is 23.7 Å². The summed E-state index contributed by atoms with van der Waals surface area (Å²) in [6.07, 6.45) is 13.9. The maximum atomic E-state index is 13.7. The number of aliphatic carboxylic acids is 1. The Balaban J connectivity index is 1.28. The van der Waals surface area contributed by atoms with Gasteiger partial charge >= 0.3 is 5.97 Å². The van der Waals surface area contributed by atoms with Crippen molar-refractivity contribution >= 4 is 17.8 Å². The Kier molecular flexibility index (Phi) is 7.18. The standard InChI is InChI=1S/C39H54O4/c1-24(2)27-16-21-39(34(42)43)23-22-37(6)29(33(27)39)13-15-32-36(5)19-17-28(35(3,4)31(36)18-20-38(32,37)7)30(41)14-10-25-8-11-26(40)12-9-25/h8-12,14,27-29,31-33,40H,1,13,15-23H2,2-7H3,(H,42,43)/b14-10+. The molecule has 0 saturated heterocycles. The summed E-state index contributed by atoms with van der Waals surface area (Å²) in [5.74, 6) is 1.94. The summed E-state index contributed by atoms with van der Waals surface area (Å²) in [6.45, 7) is 18.9. The molecular weight excluding hydrogens is 532 g/mol. The van der Waals surface area contributed by atoms with Crippen molar-refractivity contribution in [2.24, 2.45) is 62.6 Å². The number of carboxylic acids is 1. The van der Waals surface area contributed by atoms with Crippen LogP contribution >= 0.6 is 0 Å². The lowest BCUT2D eigenvalue weighted by Crippen LogP contribution is -2.66. The maximum absolute atomic E-state index is 13.7. The molecule has 10 unspecified atom stereocenters. The second-order valence-electron chi connectivity index (χ2n) is 16.9. The van der Waals surface area contributed by atoms with E-state index in [-0.39, 0.29) is 45.0 Å². The summed E-state index contributed by atoms with van der Waals surface area (Å²) in [5, 5.41) is 20.2. The third kappa shape index (κ3) is 4.20. The number of benzene rings is 1. The zero-order chi connectivity index (χ0) is 31.2. The molecule has 5 aliphatic carbocycles. The molecule has 234 valence electrons. The monoisotopic (exact) mass is 586 g/mol. The Hall–Kier alpha value is -2.36. The summed E-state index contributed by atoms with van der Waals surface area (Å²) in [4.78, 5) is 26.6. The highest BCUT2D eigenvalue weighted by molar-refractivity contribution is 5.96. The van der Waals surface area contributed by atoms with Crippen LogP contribution in [0, 0.1) is 62.6 Å². The van der Waals surface area contributed by atoms with E-state index >= 15 is 0 Å². The van der Waals surface area contributed by atoms with Crippen LogP contribution in [-0.2, 0) is 9.59 Å². The topological polar surface area (TPSA) is 74.6 Å². The minimum absolute atomic E-state index is 0.0101. The largest absolute Gasteiger partial charge is 0.508 e. The van der Waals surface area contributed by atoms with E-state index in [2.05, 4.69) is 48.1 Å². The van der Waals surface area contributed by atoms with E-state index in [0.717, 1.165) is 56.9 Å². The minimum Gasteiger partial charge on any atom is -0.508 e. The second kappa shape index (κ2) is 10.1. The maximum Gasteiger partial charge on any atom is 0.309 e. The van der Waals surface area contributed by atoms with Gasteiger partial charge in [0.05, 0.1) is 5.41 Å². The Bertz CT molecular complexity index is 1340. The van der Waals surface area contributed by atoms with Gasteiger partial charge in [-0.25, -0.2) is 0 Å². The van der Waals surface area contributed by atoms with E-state index < -0.39 is 11.4 Å². The molecule has 0 amide bonds. The highest BCUT2D eigenvalue weighted by atomic mass is 16.4. The summed E-state index contributed by atoms with van der Waals surface area (Å²) in [6, 6.07) is 7.01. The number of carbonyl (C=O) groups is 2. The molecule has 5 aliphatic rings. The van der Waals surface area contributed by atoms with Gasteiger partial charge in [-0.1, -0.05) is 65.0 Å². The van der Waals surface area contributed by atoms with Crippen molar-refractivity contribution in [3.63, 3.8) is 0 Å². The number of ketones is 1. The quantitative estimate of drug-likeness (QED) is 0.266. The van der Waals surface area contributed by atoms with Crippen LogP contribution < -0.4 is 0 Å². The van der Waals surface area contributed by atoms with Crippen molar-refractivity contribution in [3.8, 4) is 5.75 Å². The molecule has 5 saturated carbocycles. The van der Waals surface area contributed by atoms with Crippen molar-refractivity contribution in [3.05, 3.63) is 48.1 Å². The number of phenolic OH excluding ortho intramolecular Hbond substituents is 1. The third-order valence-corrected chi connectivity index (χ3v) is 15.2. The first-order chi connectivity index (χ1) is 20.1. The molecule has 4 heteroatoms. The SMILES string of the molecule is C=C(C)C1CCC2(C(=O)O)CCC3(C)C(CCC4C5(C)CCC(C(=O)/C=C/c6ccc(O)cc6)C(C)(C)C5CCC43C)C12. The predicted molar refractivity (Wildman–Crippen MR) is 172 cm³/mol. The van der Waals surface area contributed by atoms with Crippen LogP contribution in [0.25, 0.3) is 6.08 Å². The highest BCUT2D eigenvalue weighted by Gasteiger charge is 2.72. The average Bonchev–Trinajstić information content (AvgIpc) is 3.34. The zero-order valence-corrected chi connectivity index (χ0v) is 27.4. The normalized spacial score (nSPS) is 45.0. The van der Waals surface area contributed by atoms with Crippen LogP contribution in [0.4, 0.5) is 0 Å². The van der Waals surface area contributed by atoms with Gasteiger partial charge in [0.15, 0.2) is 5.78 Å². The van der Waals surface area contributed by atoms with Crippen LogP contribution in [0.5, 0.6) is 5.75 Å². The Morgan fingerprint density at radius 2 is 1.53 bits per heavy atom. The first-order valence-electron chi connectivity index (χ1n) is 17.0. The lowest BCUT2D eigenvalue weighted by molar-refractivity contribution is -0.242. The van der Waals surface area contributed by atoms with Crippen LogP contribution in [0.3, 0.4) is 0 Å². The molecule has 2 N–H and O–H groups in total. The van der Waals surface area contributed by atoms with Crippen molar-refractivity contribution in [2.75, 3.05) is 0 Å². The number of hydrogen-bond donors (Lipinski definition) is 2. The van der Waals surface area contributed by atoms with E-state index in [9.17, 15) is 19.8 Å². The molecule has 5 fully saturated rings. The zero-order valence-electron chi connectivity index (χ0n) is 27.4. The van der Waals surface area contributed by atoms with Gasteiger partial charge in [-0.3, -0.25) is 9.59 Å². The molecule has 4 nitrogen and oxygen atoms in total. The number of carbonyl (C=O) groups excluding carboxylic acids is 1. The Morgan fingerprint density at radius 1 is 0.837 bits per heavy atom. The van der Waals surface area contributed by atoms with Crippen LogP contribution in [0.2, 0.25) is 0 Å². The number of fused-ring (bicyclic) bond motifs is 7. The minimum atomic E-state index is -0.577. The fourth-order valence-electron chi connectivity index (χ4n) is 12.9. The Labute approximate surface area is 259 Å². The molecule has 0 aromatic heterocycles. The average molecular weight is 587 g/mol.